The van der Waals surface area contributed by atoms with Crippen molar-refractivity contribution in [2.24, 2.45) is 5.92 Å². The average molecular weight is 446 g/mol. The van der Waals surface area contributed by atoms with Gasteiger partial charge in [0.05, 0.1) is 28.2 Å². The van der Waals surface area contributed by atoms with Crippen molar-refractivity contribution in [2.45, 2.75) is 20.8 Å². The second-order valence-electron chi connectivity index (χ2n) is 8.57. The summed E-state index contributed by atoms with van der Waals surface area (Å²) in [6, 6.07) is 16.5. The van der Waals surface area contributed by atoms with E-state index in [1.807, 2.05) is 51.1 Å². The van der Waals surface area contributed by atoms with Gasteiger partial charge in [-0.15, -0.1) is 0 Å². The van der Waals surface area contributed by atoms with Gasteiger partial charge in [0.1, 0.15) is 0 Å². The van der Waals surface area contributed by atoms with Gasteiger partial charge >= 0.3 is 0 Å². The van der Waals surface area contributed by atoms with Gasteiger partial charge in [-0.25, -0.2) is 4.21 Å². The van der Waals surface area contributed by atoms with Crippen molar-refractivity contribution in [3.8, 4) is 0 Å². The third-order valence-electron chi connectivity index (χ3n) is 5.70. The molecule has 5 rings (SSSR count). The Morgan fingerprint density at radius 1 is 0.969 bits per heavy atom. The SMILES string of the molecule is Cc1ccc(Nc2cc3c(c4c2C(=O)c2ccccc2C4=O)NS(=O)N3CC(C)C)cc1. The van der Waals surface area contributed by atoms with Crippen molar-refractivity contribution in [3.63, 3.8) is 0 Å². The first kappa shape index (κ1) is 20.5. The topological polar surface area (TPSA) is 78.5 Å². The second kappa shape index (κ2) is 7.60. The fourth-order valence-corrected chi connectivity index (χ4v) is 5.45. The van der Waals surface area contributed by atoms with Crippen LogP contribution in [0.5, 0.6) is 0 Å². The maximum Gasteiger partial charge on any atom is 0.223 e. The Kier molecular flexibility index (Phi) is 4.86. The molecule has 1 unspecified atom stereocenters. The van der Waals surface area contributed by atoms with Crippen LogP contribution in [0.15, 0.2) is 54.6 Å². The lowest BCUT2D eigenvalue weighted by Gasteiger charge is -2.24. The molecule has 3 aromatic carbocycles. The van der Waals surface area contributed by atoms with Gasteiger partial charge in [0.25, 0.3) is 0 Å². The first-order chi connectivity index (χ1) is 15.3. The van der Waals surface area contributed by atoms with E-state index in [1.165, 1.54) is 0 Å². The Hall–Kier alpha value is -3.45. The van der Waals surface area contributed by atoms with E-state index in [1.54, 1.807) is 28.6 Å². The average Bonchev–Trinajstić information content (AvgIpc) is 3.07. The molecule has 1 aliphatic carbocycles. The molecule has 6 nitrogen and oxygen atoms in total. The Morgan fingerprint density at radius 2 is 1.59 bits per heavy atom. The standard InChI is InChI=1S/C25H23N3O3S/c1-14(2)13-28-20-12-19(26-16-10-8-15(3)9-11-16)21-22(23(20)27-32(28)31)25(30)18-7-5-4-6-17(18)24(21)29/h4-12,14,26-27H,13H2,1-3H3. The zero-order chi connectivity index (χ0) is 22.6. The zero-order valence-electron chi connectivity index (χ0n) is 18.1. The summed E-state index contributed by atoms with van der Waals surface area (Å²) < 4.78 is 17.6. The molecule has 32 heavy (non-hydrogen) atoms. The minimum absolute atomic E-state index is 0.220. The van der Waals surface area contributed by atoms with Crippen molar-refractivity contribution < 1.29 is 13.8 Å². The van der Waals surface area contributed by atoms with Crippen LogP contribution in [0, 0.1) is 12.8 Å². The van der Waals surface area contributed by atoms with E-state index >= 15 is 0 Å². The molecule has 0 fully saturated rings. The van der Waals surface area contributed by atoms with Crippen LogP contribution in [-0.2, 0) is 11.2 Å². The van der Waals surface area contributed by atoms with Gasteiger partial charge in [-0.05, 0) is 31.0 Å². The lowest BCUT2D eigenvalue weighted by Crippen LogP contribution is -2.28. The summed E-state index contributed by atoms with van der Waals surface area (Å²) in [7, 11) is 0. The molecule has 1 aliphatic heterocycles. The number of rotatable bonds is 4. The normalized spacial score (nSPS) is 16.5. The van der Waals surface area contributed by atoms with Gasteiger partial charge in [0.15, 0.2) is 11.6 Å². The Labute approximate surface area is 189 Å². The summed E-state index contributed by atoms with van der Waals surface area (Å²) >= 11 is -1.53. The number of benzene rings is 3. The quantitative estimate of drug-likeness (QED) is 0.464. The summed E-state index contributed by atoms with van der Waals surface area (Å²) in [5.41, 5.74) is 4.92. The molecule has 3 aromatic rings. The highest BCUT2D eigenvalue weighted by Gasteiger charge is 2.39. The molecule has 1 heterocycles. The van der Waals surface area contributed by atoms with Gasteiger partial charge in [-0.2, -0.15) is 0 Å². The Morgan fingerprint density at radius 3 is 2.22 bits per heavy atom. The minimum Gasteiger partial charge on any atom is -0.355 e. The summed E-state index contributed by atoms with van der Waals surface area (Å²) in [4.78, 5) is 27.1. The molecule has 2 aliphatic rings. The van der Waals surface area contributed by atoms with Gasteiger partial charge in [0.2, 0.25) is 11.2 Å². The first-order valence-electron chi connectivity index (χ1n) is 10.5. The third-order valence-corrected chi connectivity index (χ3v) is 6.82. The number of carbonyl (C=O) groups excluding carboxylic acids is 2. The van der Waals surface area contributed by atoms with Crippen LogP contribution >= 0.6 is 0 Å². The van der Waals surface area contributed by atoms with Gasteiger partial charge < -0.3 is 5.32 Å². The number of fused-ring (bicyclic) bond motifs is 4. The zero-order valence-corrected chi connectivity index (χ0v) is 18.9. The highest BCUT2D eigenvalue weighted by atomic mass is 32.2. The molecular formula is C25H23N3O3S. The van der Waals surface area contributed by atoms with Crippen molar-refractivity contribution in [3.05, 3.63) is 82.4 Å². The highest BCUT2D eigenvalue weighted by molar-refractivity contribution is 7.88. The molecule has 0 saturated carbocycles. The van der Waals surface area contributed by atoms with Crippen molar-refractivity contribution >= 4 is 45.5 Å². The summed E-state index contributed by atoms with van der Waals surface area (Å²) in [5, 5.41) is 3.33. The van der Waals surface area contributed by atoms with Crippen LogP contribution < -0.4 is 14.3 Å². The molecule has 0 radical (unpaired) electrons. The van der Waals surface area contributed by atoms with Gasteiger partial charge in [0, 0.05) is 23.4 Å². The van der Waals surface area contributed by atoms with Crippen molar-refractivity contribution in [1.29, 1.82) is 0 Å². The molecule has 0 bridgehead atoms. The van der Waals surface area contributed by atoms with Crippen LogP contribution in [0.25, 0.3) is 0 Å². The van der Waals surface area contributed by atoms with E-state index in [-0.39, 0.29) is 23.0 Å². The van der Waals surface area contributed by atoms with Gasteiger partial charge in [-0.3, -0.25) is 18.6 Å². The molecule has 0 saturated heterocycles. The number of aryl methyl sites for hydroxylation is 1. The lowest BCUT2D eigenvalue weighted by molar-refractivity contribution is 0.0980. The summed E-state index contributed by atoms with van der Waals surface area (Å²) in [5.74, 6) is -0.202. The van der Waals surface area contributed by atoms with E-state index in [2.05, 4.69) is 10.0 Å². The molecule has 2 N–H and O–H groups in total. The predicted molar refractivity (Wildman–Crippen MR) is 128 cm³/mol. The Balaban J connectivity index is 1.74. The number of carbonyl (C=O) groups is 2. The maximum atomic E-state index is 13.6. The molecule has 0 aromatic heterocycles. The van der Waals surface area contributed by atoms with Crippen LogP contribution in [0.4, 0.5) is 22.7 Å². The lowest BCUT2D eigenvalue weighted by atomic mass is 9.82. The number of anilines is 4. The van der Waals surface area contributed by atoms with Crippen molar-refractivity contribution in [2.75, 3.05) is 20.9 Å². The number of ketones is 2. The largest absolute Gasteiger partial charge is 0.355 e. The number of nitrogens with zero attached hydrogens (tertiary/aromatic N) is 1. The number of nitrogens with one attached hydrogen (secondary N) is 2. The monoisotopic (exact) mass is 445 g/mol. The van der Waals surface area contributed by atoms with Crippen LogP contribution in [-0.4, -0.2) is 22.3 Å². The second-order valence-corrected chi connectivity index (χ2v) is 9.71. The molecule has 0 spiro atoms. The van der Waals surface area contributed by atoms with E-state index in [9.17, 15) is 13.8 Å². The summed E-state index contributed by atoms with van der Waals surface area (Å²) in [6.45, 7) is 6.65. The van der Waals surface area contributed by atoms with E-state index in [0.717, 1.165) is 11.3 Å². The molecule has 1 atom stereocenters. The van der Waals surface area contributed by atoms with Crippen LogP contribution in [0.1, 0.15) is 51.3 Å². The number of hydrogen-bond acceptors (Lipinski definition) is 4. The van der Waals surface area contributed by atoms with E-state index in [0.29, 0.717) is 40.3 Å². The third kappa shape index (κ3) is 3.20. The maximum absolute atomic E-state index is 13.6. The van der Waals surface area contributed by atoms with E-state index < -0.39 is 11.2 Å². The Bertz CT molecular complexity index is 1300. The molecule has 0 amide bonds. The fraction of sp³-hybridized carbons (Fsp3) is 0.200. The molecule has 7 heteroatoms. The van der Waals surface area contributed by atoms with Crippen LogP contribution in [0.2, 0.25) is 0 Å². The van der Waals surface area contributed by atoms with Crippen molar-refractivity contribution in [1.82, 2.24) is 0 Å². The van der Waals surface area contributed by atoms with E-state index in [4.69, 9.17) is 0 Å². The molecule has 162 valence electrons. The highest BCUT2D eigenvalue weighted by Crippen LogP contribution is 2.46. The smallest absolute Gasteiger partial charge is 0.223 e. The first-order valence-corrected chi connectivity index (χ1v) is 11.6. The minimum atomic E-state index is -1.53. The summed E-state index contributed by atoms with van der Waals surface area (Å²) in [6.07, 6.45) is 0. The fourth-order valence-electron chi connectivity index (χ4n) is 4.20. The predicted octanol–water partition coefficient (Wildman–Crippen LogP) is 4.98. The van der Waals surface area contributed by atoms with Gasteiger partial charge in [-0.1, -0.05) is 55.8 Å². The number of hydrogen-bond donors (Lipinski definition) is 2. The van der Waals surface area contributed by atoms with Crippen LogP contribution in [0.3, 0.4) is 0 Å². The molecular weight excluding hydrogens is 422 g/mol.